The van der Waals surface area contributed by atoms with Crippen molar-refractivity contribution in [1.82, 2.24) is 24.8 Å². The summed E-state index contributed by atoms with van der Waals surface area (Å²) in [6.45, 7) is 2.16. The van der Waals surface area contributed by atoms with Gasteiger partial charge in [-0.2, -0.15) is 0 Å². The van der Waals surface area contributed by atoms with E-state index in [4.69, 9.17) is 0 Å². The van der Waals surface area contributed by atoms with E-state index in [-0.39, 0.29) is 24.8 Å². The zero-order valence-corrected chi connectivity index (χ0v) is 12.0. The number of nitrogens with zero attached hydrogens (tertiary/aromatic N) is 4. The Morgan fingerprint density at radius 2 is 1.89 bits per heavy atom. The number of hydrogen-bond acceptors (Lipinski definition) is 4. The molecule has 1 aliphatic heterocycles. The van der Waals surface area contributed by atoms with Crippen LogP contribution in [-0.2, 0) is 0 Å². The Bertz CT molecular complexity index is 465. The van der Waals surface area contributed by atoms with E-state index in [2.05, 4.69) is 20.3 Å². The molecule has 0 radical (unpaired) electrons. The van der Waals surface area contributed by atoms with Crippen LogP contribution in [-0.4, -0.2) is 32.6 Å². The molecule has 7 heteroatoms. The van der Waals surface area contributed by atoms with Gasteiger partial charge in [-0.05, 0) is 25.9 Å². The van der Waals surface area contributed by atoms with Crippen molar-refractivity contribution >= 4 is 24.8 Å². The van der Waals surface area contributed by atoms with Crippen molar-refractivity contribution in [3.8, 4) is 5.82 Å². The van der Waals surface area contributed by atoms with Crippen molar-refractivity contribution in [2.45, 2.75) is 18.8 Å². The Hall–Kier alpha value is -1.17. The number of rotatable bonds is 2. The maximum absolute atomic E-state index is 4.52. The van der Waals surface area contributed by atoms with Gasteiger partial charge in [0.15, 0.2) is 5.82 Å². The van der Waals surface area contributed by atoms with Gasteiger partial charge in [0, 0.05) is 18.3 Å². The lowest BCUT2D eigenvalue weighted by Crippen LogP contribution is -2.27. The molecule has 3 rings (SSSR count). The third-order valence-electron chi connectivity index (χ3n) is 3.18. The van der Waals surface area contributed by atoms with E-state index in [9.17, 15) is 0 Å². The average molecular weight is 302 g/mol. The van der Waals surface area contributed by atoms with Crippen LogP contribution < -0.4 is 5.32 Å². The molecular formula is C12H17Cl2N5. The van der Waals surface area contributed by atoms with Crippen molar-refractivity contribution in [2.24, 2.45) is 0 Å². The Morgan fingerprint density at radius 3 is 2.47 bits per heavy atom. The summed E-state index contributed by atoms with van der Waals surface area (Å²) in [6, 6.07) is 0. The van der Waals surface area contributed by atoms with Crippen molar-refractivity contribution < 1.29 is 0 Å². The van der Waals surface area contributed by atoms with Gasteiger partial charge >= 0.3 is 0 Å². The van der Waals surface area contributed by atoms with Gasteiger partial charge in [0.05, 0.1) is 18.1 Å². The lowest BCUT2D eigenvalue weighted by Gasteiger charge is -2.21. The van der Waals surface area contributed by atoms with Crippen LogP contribution in [0.5, 0.6) is 0 Å². The highest BCUT2D eigenvalue weighted by Gasteiger charge is 2.16. The highest BCUT2D eigenvalue weighted by atomic mass is 35.5. The van der Waals surface area contributed by atoms with Crippen LogP contribution in [0.3, 0.4) is 0 Å². The van der Waals surface area contributed by atoms with Gasteiger partial charge in [0.1, 0.15) is 6.33 Å². The van der Waals surface area contributed by atoms with Crippen molar-refractivity contribution in [3.63, 3.8) is 0 Å². The first-order chi connectivity index (χ1) is 8.43. The molecule has 19 heavy (non-hydrogen) atoms. The van der Waals surface area contributed by atoms with Gasteiger partial charge in [-0.1, -0.05) is 0 Å². The van der Waals surface area contributed by atoms with Crippen molar-refractivity contribution in [2.75, 3.05) is 13.1 Å². The van der Waals surface area contributed by atoms with E-state index in [0.29, 0.717) is 5.92 Å². The highest BCUT2D eigenvalue weighted by Crippen LogP contribution is 2.22. The second-order valence-corrected chi connectivity index (χ2v) is 4.29. The summed E-state index contributed by atoms with van der Waals surface area (Å²) in [5, 5.41) is 3.36. The van der Waals surface area contributed by atoms with E-state index >= 15 is 0 Å². The number of imidazole rings is 1. The summed E-state index contributed by atoms with van der Waals surface area (Å²) in [5.41, 5.74) is 1.11. The summed E-state index contributed by atoms with van der Waals surface area (Å²) in [5.74, 6) is 1.38. The Labute approximate surface area is 124 Å². The van der Waals surface area contributed by atoms with Gasteiger partial charge in [0.2, 0.25) is 0 Å². The third kappa shape index (κ3) is 3.65. The smallest absolute Gasteiger partial charge is 0.156 e. The molecule has 0 aromatic carbocycles. The second-order valence-electron chi connectivity index (χ2n) is 4.29. The standard InChI is InChI=1S/C12H15N5.2ClH/c1-3-13-4-2-10(1)11-7-16-12(8-15-11)17-6-5-14-9-17;;/h5-10,13H,1-4H2;2*1H. The topological polar surface area (TPSA) is 55.6 Å². The van der Waals surface area contributed by atoms with E-state index in [0.717, 1.165) is 37.4 Å². The maximum atomic E-state index is 4.52. The number of halogens is 2. The van der Waals surface area contributed by atoms with Crippen LogP contribution in [0, 0.1) is 0 Å². The molecule has 2 aromatic heterocycles. The van der Waals surface area contributed by atoms with Gasteiger partial charge in [-0.3, -0.25) is 9.55 Å². The van der Waals surface area contributed by atoms with Crippen LogP contribution in [0.1, 0.15) is 24.5 Å². The largest absolute Gasteiger partial charge is 0.317 e. The Balaban J connectivity index is 0.000000902. The zero-order valence-electron chi connectivity index (χ0n) is 10.4. The molecule has 1 N–H and O–H groups in total. The molecule has 3 heterocycles. The van der Waals surface area contributed by atoms with Crippen LogP contribution in [0.4, 0.5) is 0 Å². The fourth-order valence-electron chi connectivity index (χ4n) is 2.19. The molecule has 5 nitrogen and oxygen atoms in total. The van der Waals surface area contributed by atoms with Crippen LogP contribution >= 0.6 is 24.8 Å². The number of hydrogen-bond donors (Lipinski definition) is 1. The fourth-order valence-corrected chi connectivity index (χ4v) is 2.19. The molecule has 0 unspecified atom stereocenters. The quantitative estimate of drug-likeness (QED) is 0.921. The summed E-state index contributed by atoms with van der Waals surface area (Å²) in [4.78, 5) is 13.0. The number of aromatic nitrogens is 4. The summed E-state index contributed by atoms with van der Waals surface area (Å²) < 4.78 is 1.86. The molecular weight excluding hydrogens is 285 g/mol. The Kier molecular flexibility index (Phi) is 6.21. The van der Waals surface area contributed by atoms with Gasteiger partial charge in [0.25, 0.3) is 0 Å². The molecule has 0 amide bonds. The maximum Gasteiger partial charge on any atom is 0.156 e. The predicted molar refractivity (Wildman–Crippen MR) is 78.5 cm³/mol. The van der Waals surface area contributed by atoms with E-state index in [1.807, 2.05) is 23.2 Å². The zero-order chi connectivity index (χ0) is 11.5. The molecule has 0 saturated carbocycles. The summed E-state index contributed by atoms with van der Waals surface area (Å²) in [6.07, 6.45) is 11.4. The number of nitrogens with one attached hydrogen (secondary N) is 1. The number of piperidine rings is 1. The first kappa shape index (κ1) is 15.9. The minimum atomic E-state index is 0. The fraction of sp³-hybridized carbons (Fsp3) is 0.417. The van der Waals surface area contributed by atoms with E-state index < -0.39 is 0 Å². The Morgan fingerprint density at radius 1 is 1.11 bits per heavy atom. The molecule has 1 fully saturated rings. The van der Waals surface area contributed by atoms with E-state index in [1.54, 1.807) is 12.5 Å². The minimum absolute atomic E-state index is 0. The first-order valence-corrected chi connectivity index (χ1v) is 5.94. The molecule has 0 atom stereocenters. The molecule has 0 spiro atoms. The monoisotopic (exact) mass is 301 g/mol. The van der Waals surface area contributed by atoms with Crippen molar-refractivity contribution in [3.05, 3.63) is 36.8 Å². The third-order valence-corrected chi connectivity index (χ3v) is 3.18. The molecule has 0 aliphatic carbocycles. The highest BCUT2D eigenvalue weighted by molar-refractivity contribution is 5.85. The molecule has 104 valence electrons. The van der Waals surface area contributed by atoms with Gasteiger partial charge in [-0.25, -0.2) is 9.97 Å². The summed E-state index contributed by atoms with van der Waals surface area (Å²) >= 11 is 0. The van der Waals surface area contributed by atoms with Gasteiger partial charge < -0.3 is 5.32 Å². The summed E-state index contributed by atoms with van der Waals surface area (Å²) in [7, 11) is 0. The lowest BCUT2D eigenvalue weighted by molar-refractivity contribution is 0.452. The molecule has 0 bridgehead atoms. The van der Waals surface area contributed by atoms with Crippen LogP contribution in [0.15, 0.2) is 31.1 Å². The molecule has 1 aliphatic rings. The predicted octanol–water partition coefficient (Wildman–Crippen LogP) is 1.97. The van der Waals surface area contributed by atoms with E-state index in [1.165, 1.54) is 0 Å². The molecule has 2 aromatic rings. The lowest BCUT2D eigenvalue weighted by atomic mass is 9.95. The molecule has 1 saturated heterocycles. The van der Waals surface area contributed by atoms with Crippen LogP contribution in [0.25, 0.3) is 5.82 Å². The SMILES string of the molecule is Cl.Cl.c1cn(-c2cnc(C3CCNCC3)cn2)cn1. The van der Waals surface area contributed by atoms with Crippen LogP contribution in [0.2, 0.25) is 0 Å². The first-order valence-electron chi connectivity index (χ1n) is 5.94. The van der Waals surface area contributed by atoms with Gasteiger partial charge in [-0.15, -0.1) is 24.8 Å². The average Bonchev–Trinajstić information content (AvgIpc) is 2.94. The van der Waals surface area contributed by atoms with Crippen molar-refractivity contribution in [1.29, 1.82) is 0 Å². The normalized spacial score (nSPS) is 15.4. The minimum Gasteiger partial charge on any atom is -0.317 e. The second kappa shape index (κ2) is 7.43.